The number of carbonyl (C=O) groups is 1. The summed E-state index contributed by atoms with van der Waals surface area (Å²) < 4.78 is 7.28. The average Bonchev–Trinajstić information content (AvgIpc) is 3.32. The summed E-state index contributed by atoms with van der Waals surface area (Å²) >= 11 is 9.13. The lowest BCUT2D eigenvalue weighted by Gasteiger charge is -2.27. The quantitative estimate of drug-likeness (QED) is 0.439. The second kappa shape index (κ2) is 11.1. The van der Waals surface area contributed by atoms with E-state index < -0.39 is 0 Å². The molecule has 0 saturated carbocycles. The topological polar surface area (TPSA) is 45.7 Å². The van der Waals surface area contributed by atoms with Crippen molar-refractivity contribution in [3.8, 4) is 0 Å². The number of aromatic nitrogens is 1. The standard InChI is InChI=1S/C22H26ClN3O2S2.ClH/c1-15-12-16(2)21-18(13-15)30-22(24-21)26(7-3-6-25-8-10-28-11-9-25)20(27)14-17-4-5-19(23)29-17;/h4-5,12-13H,3,6-11,14H2,1-2H3;1H. The number of carbonyl (C=O) groups excluding carboxylic acids is 1. The maximum Gasteiger partial charge on any atom is 0.234 e. The van der Waals surface area contributed by atoms with Gasteiger partial charge in [0, 0.05) is 31.1 Å². The van der Waals surface area contributed by atoms with E-state index in [0.29, 0.717) is 17.3 Å². The Balaban J connectivity index is 0.00000272. The molecule has 1 aliphatic rings. The third-order valence-electron chi connectivity index (χ3n) is 5.26. The molecule has 0 atom stereocenters. The number of rotatable bonds is 7. The van der Waals surface area contributed by atoms with Crippen LogP contribution in [0.1, 0.15) is 22.4 Å². The molecule has 1 fully saturated rings. The molecule has 31 heavy (non-hydrogen) atoms. The van der Waals surface area contributed by atoms with Crippen LogP contribution in [0.25, 0.3) is 10.2 Å². The van der Waals surface area contributed by atoms with E-state index in [9.17, 15) is 4.79 Å². The monoisotopic (exact) mass is 499 g/mol. The van der Waals surface area contributed by atoms with E-state index in [1.807, 2.05) is 17.0 Å². The SMILES string of the molecule is Cc1cc(C)c2nc(N(CCCN3CCOCC3)C(=O)Cc3ccc(Cl)s3)sc2c1.Cl. The summed E-state index contributed by atoms with van der Waals surface area (Å²) in [6.07, 6.45) is 1.26. The number of thiophene rings is 1. The van der Waals surface area contributed by atoms with E-state index in [0.717, 1.165) is 65.1 Å². The Morgan fingerprint density at radius 3 is 2.71 bits per heavy atom. The minimum Gasteiger partial charge on any atom is -0.379 e. The van der Waals surface area contributed by atoms with Crippen molar-refractivity contribution in [3.05, 3.63) is 44.6 Å². The maximum absolute atomic E-state index is 13.3. The molecule has 4 rings (SSSR count). The van der Waals surface area contributed by atoms with E-state index >= 15 is 0 Å². The van der Waals surface area contributed by atoms with Crippen LogP contribution in [0.3, 0.4) is 0 Å². The zero-order chi connectivity index (χ0) is 21.1. The van der Waals surface area contributed by atoms with Gasteiger partial charge in [0.15, 0.2) is 5.13 Å². The first-order chi connectivity index (χ1) is 14.5. The van der Waals surface area contributed by atoms with Crippen molar-refractivity contribution in [2.45, 2.75) is 26.7 Å². The van der Waals surface area contributed by atoms with Crippen LogP contribution in [-0.2, 0) is 16.0 Å². The summed E-state index contributed by atoms with van der Waals surface area (Å²) in [4.78, 5) is 23.4. The smallest absolute Gasteiger partial charge is 0.234 e. The summed E-state index contributed by atoms with van der Waals surface area (Å²) in [6, 6.07) is 8.08. The van der Waals surface area contributed by atoms with Crippen molar-refractivity contribution in [1.29, 1.82) is 0 Å². The Labute approximate surface area is 202 Å². The molecule has 3 aromatic rings. The average molecular weight is 501 g/mol. The number of fused-ring (bicyclic) bond motifs is 1. The Kier molecular flexibility index (Phi) is 8.73. The predicted molar refractivity (Wildman–Crippen MR) is 134 cm³/mol. The second-order valence-electron chi connectivity index (χ2n) is 7.66. The molecule has 0 bridgehead atoms. The first-order valence-electron chi connectivity index (χ1n) is 10.2. The number of amides is 1. The summed E-state index contributed by atoms with van der Waals surface area (Å²) in [7, 11) is 0. The number of ether oxygens (including phenoxy) is 1. The highest BCUT2D eigenvalue weighted by Crippen LogP contribution is 2.32. The number of nitrogens with zero attached hydrogens (tertiary/aromatic N) is 3. The molecule has 0 N–H and O–H groups in total. The number of thiazole rings is 1. The summed E-state index contributed by atoms with van der Waals surface area (Å²) in [5.41, 5.74) is 3.36. The Hall–Kier alpha value is -1.22. The van der Waals surface area contributed by atoms with Crippen LogP contribution in [0.2, 0.25) is 4.34 Å². The van der Waals surface area contributed by atoms with Gasteiger partial charge in [-0.05, 0) is 49.6 Å². The van der Waals surface area contributed by atoms with Crippen LogP contribution in [-0.4, -0.2) is 55.2 Å². The van der Waals surface area contributed by atoms with Gasteiger partial charge in [-0.2, -0.15) is 0 Å². The summed E-state index contributed by atoms with van der Waals surface area (Å²) in [5.74, 6) is 0.0731. The zero-order valence-electron chi connectivity index (χ0n) is 17.7. The molecule has 2 aromatic heterocycles. The highest BCUT2D eigenvalue weighted by Gasteiger charge is 2.22. The predicted octanol–water partition coefficient (Wildman–Crippen LogP) is 5.35. The number of morpholine rings is 1. The first kappa shape index (κ1) is 24.4. The van der Waals surface area contributed by atoms with Crippen molar-refractivity contribution in [2.24, 2.45) is 0 Å². The fourth-order valence-corrected chi connectivity index (χ4v) is 6.03. The number of hydrogen-bond acceptors (Lipinski definition) is 6. The van der Waals surface area contributed by atoms with Gasteiger partial charge in [-0.3, -0.25) is 14.6 Å². The molecular weight excluding hydrogens is 473 g/mol. The molecule has 0 aliphatic carbocycles. The van der Waals surface area contributed by atoms with Crippen molar-refractivity contribution in [3.63, 3.8) is 0 Å². The fraction of sp³-hybridized carbons (Fsp3) is 0.455. The van der Waals surface area contributed by atoms with Gasteiger partial charge in [-0.1, -0.05) is 29.0 Å². The highest BCUT2D eigenvalue weighted by atomic mass is 35.5. The molecule has 5 nitrogen and oxygen atoms in total. The minimum atomic E-state index is 0. The van der Waals surface area contributed by atoms with E-state index in [1.165, 1.54) is 16.9 Å². The van der Waals surface area contributed by atoms with Gasteiger partial charge < -0.3 is 4.74 Å². The number of halogens is 2. The molecule has 168 valence electrons. The molecular formula is C22H27Cl2N3O2S2. The van der Waals surface area contributed by atoms with Crippen molar-refractivity contribution in [2.75, 3.05) is 44.3 Å². The number of hydrogen-bond donors (Lipinski definition) is 0. The second-order valence-corrected chi connectivity index (χ2v) is 10.5. The van der Waals surface area contributed by atoms with Gasteiger partial charge in [-0.25, -0.2) is 4.98 Å². The molecule has 0 spiro atoms. The fourth-order valence-electron chi connectivity index (χ4n) is 3.77. The lowest BCUT2D eigenvalue weighted by Crippen LogP contribution is -2.39. The number of aryl methyl sites for hydroxylation is 2. The van der Waals surface area contributed by atoms with Gasteiger partial charge in [0.05, 0.1) is 34.2 Å². The summed E-state index contributed by atoms with van der Waals surface area (Å²) in [6.45, 7) is 9.29. The lowest BCUT2D eigenvalue weighted by molar-refractivity contribution is -0.118. The van der Waals surface area contributed by atoms with Crippen LogP contribution in [0, 0.1) is 13.8 Å². The van der Waals surface area contributed by atoms with Gasteiger partial charge in [0.25, 0.3) is 0 Å². The maximum atomic E-state index is 13.3. The van der Waals surface area contributed by atoms with Gasteiger partial charge in [0.1, 0.15) is 0 Å². The lowest BCUT2D eigenvalue weighted by atomic mass is 10.1. The molecule has 1 amide bonds. The number of anilines is 1. The van der Waals surface area contributed by atoms with Crippen molar-refractivity contribution in [1.82, 2.24) is 9.88 Å². The zero-order valence-corrected chi connectivity index (χ0v) is 20.9. The normalized spacial score (nSPS) is 14.5. The molecule has 3 heterocycles. The van der Waals surface area contributed by atoms with Crippen LogP contribution < -0.4 is 4.90 Å². The van der Waals surface area contributed by atoms with Crippen LogP contribution >= 0.6 is 46.7 Å². The van der Waals surface area contributed by atoms with Gasteiger partial charge >= 0.3 is 0 Å². The van der Waals surface area contributed by atoms with Crippen molar-refractivity contribution < 1.29 is 9.53 Å². The van der Waals surface area contributed by atoms with E-state index in [4.69, 9.17) is 21.3 Å². The van der Waals surface area contributed by atoms with Crippen LogP contribution in [0.4, 0.5) is 5.13 Å². The van der Waals surface area contributed by atoms with E-state index in [2.05, 4.69) is 30.9 Å². The molecule has 0 unspecified atom stereocenters. The Bertz CT molecular complexity index is 1030. The van der Waals surface area contributed by atoms with Gasteiger partial charge in [0.2, 0.25) is 5.91 Å². The van der Waals surface area contributed by atoms with E-state index in [-0.39, 0.29) is 18.3 Å². The van der Waals surface area contributed by atoms with Crippen LogP contribution in [0.5, 0.6) is 0 Å². The molecule has 1 saturated heterocycles. The largest absolute Gasteiger partial charge is 0.379 e. The number of benzene rings is 1. The first-order valence-corrected chi connectivity index (χ1v) is 12.2. The molecule has 1 aromatic carbocycles. The van der Waals surface area contributed by atoms with Crippen molar-refractivity contribution >= 4 is 67.9 Å². The molecule has 1 aliphatic heterocycles. The summed E-state index contributed by atoms with van der Waals surface area (Å²) in [5, 5.41) is 0.785. The van der Waals surface area contributed by atoms with E-state index in [1.54, 1.807) is 11.3 Å². The molecule has 0 radical (unpaired) electrons. The Morgan fingerprint density at radius 1 is 1.23 bits per heavy atom. The minimum absolute atomic E-state index is 0. The van der Waals surface area contributed by atoms with Crippen LogP contribution in [0.15, 0.2) is 24.3 Å². The third-order valence-corrected chi connectivity index (χ3v) is 7.52. The Morgan fingerprint density at radius 2 is 2.00 bits per heavy atom. The van der Waals surface area contributed by atoms with Gasteiger partial charge in [-0.15, -0.1) is 23.7 Å². The molecule has 9 heteroatoms. The third kappa shape index (κ3) is 6.18. The highest BCUT2D eigenvalue weighted by molar-refractivity contribution is 7.22.